The van der Waals surface area contributed by atoms with Crippen molar-refractivity contribution >= 4 is 40.6 Å². The zero-order valence-electron chi connectivity index (χ0n) is 20.3. The minimum absolute atomic E-state index is 0.104. The maximum atomic E-state index is 13.9. The first-order valence-electron chi connectivity index (χ1n) is 11.7. The van der Waals surface area contributed by atoms with Gasteiger partial charge in [-0.25, -0.2) is 0 Å². The van der Waals surface area contributed by atoms with Crippen molar-refractivity contribution in [3.8, 4) is 5.75 Å². The molecule has 1 saturated heterocycles. The lowest BCUT2D eigenvalue weighted by atomic mass is 10.0. The summed E-state index contributed by atoms with van der Waals surface area (Å²) in [6.45, 7) is 0.635. The van der Waals surface area contributed by atoms with Crippen LogP contribution in [0.4, 0.5) is 24.5 Å². The molecule has 4 rings (SSSR count). The predicted octanol–water partition coefficient (Wildman–Crippen LogP) is 3.23. The average Bonchev–Trinajstić information content (AvgIpc) is 3.55. The van der Waals surface area contributed by atoms with Crippen molar-refractivity contribution in [2.24, 2.45) is 5.73 Å². The van der Waals surface area contributed by atoms with Gasteiger partial charge in [0.1, 0.15) is 16.7 Å². The number of primary amides is 1. The van der Waals surface area contributed by atoms with Crippen LogP contribution in [0.15, 0.2) is 48.5 Å². The van der Waals surface area contributed by atoms with E-state index >= 15 is 0 Å². The number of nitrogens with two attached hydrogens (primary N) is 2. The molecular formula is C25H24F3N5O5S. The Hall–Kier alpha value is -4.17. The minimum Gasteiger partial charge on any atom is -0.508 e. The molecule has 1 aliphatic rings. The van der Waals surface area contributed by atoms with Crippen molar-refractivity contribution in [1.82, 2.24) is 9.69 Å². The molecule has 2 heterocycles. The zero-order valence-corrected chi connectivity index (χ0v) is 21.1. The van der Waals surface area contributed by atoms with E-state index in [1.54, 1.807) is 0 Å². The van der Waals surface area contributed by atoms with Gasteiger partial charge in [-0.15, -0.1) is 0 Å². The fourth-order valence-corrected chi connectivity index (χ4v) is 4.89. The van der Waals surface area contributed by atoms with Crippen LogP contribution in [-0.2, 0) is 15.7 Å². The fourth-order valence-electron chi connectivity index (χ4n) is 4.14. The molecule has 0 bridgehead atoms. The highest BCUT2D eigenvalue weighted by Gasteiger charge is 2.38. The highest BCUT2D eigenvalue weighted by Crippen LogP contribution is 2.37. The van der Waals surface area contributed by atoms with Crippen LogP contribution in [-0.4, -0.2) is 46.5 Å². The number of alkyl halides is 3. The Labute approximate surface area is 224 Å². The molecule has 3 aromatic rings. The molecule has 1 aromatic heterocycles. The van der Waals surface area contributed by atoms with Crippen molar-refractivity contribution in [1.29, 1.82) is 0 Å². The van der Waals surface area contributed by atoms with Gasteiger partial charge in [-0.05, 0) is 60.3 Å². The molecule has 14 heteroatoms. The van der Waals surface area contributed by atoms with Crippen LogP contribution in [0.5, 0.6) is 5.75 Å². The number of phenolic OH excluding ortho intramolecular Hbond substituents is 1. The van der Waals surface area contributed by atoms with E-state index in [2.05, 4.69) is 9.69 Å². The lowest BCUT2D eigenvalue weighted by molar-refractivity contribution is -0.137. The number of ether oxygens (including phenoxy) is 1. The van der Waals surface area contributed by atoms with E-state index in [4.69, 9.17) is 16.2 Å². The van der Waals surface area contributed by atoms with Gasteiger partial charge in [0, 0.05) is 18.8 Å². The number of phenols is 1. The average molecular weight is 564 g/mol. The monoisotopic (exact) mass is 563 g/mol. The number of hydrogen-bond acceptors (Lipinski definition) is 8. The molecule has 0 unspecified atom stereocenters. The van der Waals surface area contributed by atoms with E-state index < -0.39 is 35.5 Å². The summed E-state index contributed by atoms with van der Waals surface area (Å²) >= 11 is 0.525. The Morgan fingerprint density at radius 3 is 2.51 bits per heavy atom. The van der Waals surface area contributed by atoms with Crippen LogP contribution >= 0.6 is 11.5 Å². The molecule has 206 valence electrons. The third-order valence-electron chi connectivity index (χ3n) is 6.07. The van der Waals surface area contributed by atoms with Crippen molar-refractivity contribution < 1.29 is 37.4 Å². The second kappa shape index (κ2) is 11.3. The number of rotatable bonds is 8. The van der Waals surface area contributed by atoms with Crippen LogP contribution in [0.3, 0.4) is 0 Å². The van der Waals surface area contributed by atoms with E-state index in [1.165, 1.54) is 30.3 Å². The van der Waals surface area contributed by atoms with Gasteiger partial charge in [-0.1, -0.05) is 18.2 Å². The fraction of sp³-hybridized carbons (Fsp3) is 0.280. The smallest absolute Gasteiger partial charge is 0.416 e. The van der Waals surface area contributed by atoms with Gasteiger partial charge < -0.3 is 26.6 Å². The molecule has 0 aliphatic carbocycles. The molecule has 39 heavy (non-hydrogen) atoms. The molecule has 6 N–H and O–H groups in total. The van der Waals surface area contributed by atoms with Crippen LogP contribution in [0.25, 0.3) is 0 Å². The first-order valence-corrected chi connectivity index (χ1v) is 12.5. The molecule has 1 aliphatic heterocycles. The van der Waals surface area contributed by atoms with Gasteiger partial charge in [-0.3, -0.25) is 19.3 Å². The van der Waals surface area contributed by atoms with Gasteiger partial charge >= 0.3 is 6.18 Å². The number of hydrogen-bond donors (Lipinski definition) is 4. The molecule has 2 aromatic carbocycles. The van der Waals surface area contributed by atoms with Crippen LogP contribution in [0.1, 0.15) is 50.2 Å². The standard InChI is InChI=1S/C25H24F3N5O5S/c26-25(27,28)14-3-1-4-15(11-14)33(24(37)21-18(29)19(22(30)35)32-39-21)20(13-6-8-16(34)9-7-13)23(36)31-12-17-5-2-10-38-17/h1,3-4,6-9,11,17,20,34H,2,5,10,12,29H2,(H2,30,35)(H,31,36)/t17-,20+/m0/s1. The summed E-state index contributed by atoms with van der Waals surface area (Å²) in [4.78, 5) is 39.8. The highest BCUT2D eigenvalue weighted by atomic mass is 32.1. The van der Waals surface area contributed by atoms with Gasteiger partial charge in [-0.2, -0.15) is 17.5 Å². The Bertz CT molecular complexity index is 1370. The third-order valence-corrected chi connectivity index (χ3v) is 6.92. The van der Waals surface area contributed by atoms with Gasteiger partial charge in [0.15, 0.2) is 5.69 Å². The van der Waals surface area contributed by atoms with Crippen molar-refractivity contribution in [3.63, 3.8) is 0 Å². The molecule has 0 saturated carbocycles. The largest absolute Gasteiger partial charge is 0.508 e. The van der Waals surface area contributed by atoms with Crippen molar-refractivity contribution in [2.75, 3.05) is 23.8 Å². The number of nitrogens with zero attached hydrogens (tertiary/aromatic N) is 2. The molecule has 2 atom stereocenters. The first kappa shape index (κ1) is 27.9. The maximum Gasteiger partial charge on any atom is 0.416 e. The Morgan fingerprint density at radius 2 is 1.92 bits per heavy atom. The van der Waals surface area contributed by atoms with E-state index in [0.717, 1.165) is 29.5 Å². The van der Waals surface area contributed by atoms with Gasteiger partial charge in [0.25, 0.3) is 11.8 Å². The predicted molar refractivity (Wildman–Crippen MR) is 136 cm³/mol. The normalized spacial score (nSPS) is 16.0. The minimum atomic E-state index is -4.75. The molecular weight excluding hydrogens is 539 g/mol. The summed E-state index contributed by atoms with van der Waals surface area (Å²) in [6.07, 6.45) is -3.50. The van der Waals surface area contributed by atoms with Crippen molar-refractivity contribution in [3.05, 3.63) is 70.2 Å². The number of carbonyl (C=O) groups is 3. The third kappa shape index (κ3) is 6.12. The number of aromatic nitrogens is 1. The zero-order chi connectivity index (χ0) is 28.3. The van der Waals surface area contributed by atoms with Crippen LogP contribution in [0, 0.1) is 0 Å². The molecule has 10 nitrogen and oxygen atoms in total. The van der Waals surface area contributed by atoms with Crippen LogP contribution < -0.4 is 21.7 Å². The Morgan fingerprint density at radius 1 is 1.21 bits per heavy atom. The number of nitrogens with one attached hydrogen (secondary N) is 1. The first-order chi connectivity index (χ1) is 18.5. The van der Waals surface area contributed by atoms with E-state index in [-0.39, 0.29) is 45.9 Å². The van der Waals surface area contributed by atoms with Crippen molar-refractivity contribution in [2.45, 2.75) is 31.2 Å². The summed E-state index contributed by atoms with van der Waals surface area (Å²) in [5, 5.41) is 12.5. The summed E-state index contributed by atoms with van der Waals surface area (Å²) in [6, 6.07) is 7.65. The summed E-state index contributed by atoms with van der Waals surface area (Å²) in [7, 11) is 0. The molecule has 0 radical (unpaired) electrons. The second-order valence-electron chi connectivity index (χ2n) is 8.74. The summed E-state index contributed by atoms with van der Waals surface area (Å²) in [5.74, 6) is -2.84. The van der Waals surface area contributed by atoms with E-state index in [1.807, 2.05) is 0 Å². The number of amides is 3. The Kier molecular flexibility index (Phi) is 8.06. The molecule has 3 amide bonds. The SMILES string of the molecule is NC(=O)c1nsc(C(=O)N(c2cccc(C(F)(F)F)c2)[C@@H](C(=O)NC[C@@H]2CCCO2)c2ccc(O)cc2)c1N. The quantitative estimate of drug-likeness (QED) is 0.327. The highest BCUT2D eigenvalue weighted by molar-refractivity contribution is 7.09. The topological polar surface area (TPSA) is 161 Å². The van der Waals surface area contributed by atoms with E-state index in [0.29, 0.717) is 24.6 Å². The molecule has 1 fully saturated rings. The number of halogens is 3. The second-order valence-corrected chi connectivity index (χ2v) is 9.51. The lowest BCUT2D eigenvalue weighted by Crippen LogP contribution is -2.45. The van der Waals surface area contributed by atoms with Crippen LogP contribution in [0.2, 0.25) is 0 Å². The van der Waals surface area contributed by atoms with Gasteiger partial charge in [0.2, 0.25) is 5.91 Å². The number of carbonyl (C=O) groups excluding carboxylic acids is 3. The molecule has 0 spiro atoms. The summed E-state index contributed by atoms with van der Waals surface area (Å²) in [5.41, 5.74) is 9.35. The van der Waals surface area contributed by atoms with Gasteiger partial charge in [0.05, 0.1) is 17.4 Å². The number of benzene rings is 2. The number of nitrogen functional groups attached to an aromatic ring is 1. The lowest BCUT2D eigenvalue weighted by Gasteiger charge is -2.32. The van der Waals surface area contributed by atoms with E-state index in [9.17, 15) is 32.7 Å². The maximum absolute atomic E-state index is 13.9. The number of anilines is 2. The number of aromatic hydroxyl groups is 1. The Balaban J connectivity index is 1.86. The summed E-state index contributed by atoms with van der Waals surface area (Å²) < 4.78 is 50.2.